The van der Waals surface area contributed by atoms with Crippen molar-refractivity contribution in [3.63, 3.8) is 0 Å². The van der Waals surface area contributed by atoms with Crippen molar-refractivity contribution < 1.29 is 0 Å². The van der Waals surface area contributed by atoms with E-state index in [1.165, 1.54) is 19.3 Å². The van der Waals surface area contributed by atoms with Crippen LogP contribution in [0, 0.1) is 23.7 Å². The zero-order valence-electron chi connectivity index (χ0n) is 7.58. The van der Waals surface area contributed by atoms with Gasteiger partial charge in [-0.15, -0.1) is 0 Å². The van der Waals surface area contributed by atoms with E-state index in [1.807, 2.05) is 0 Å². The van der Waals surface area contributed by atoms with Crippen LogP contribution in [-0.4, -0.2) is 5.25 Å². The fourth-order valence-electron chi connectivity index (χ4n) is 4.08. The maximum atomic E-state index is 4.77. The van der Waals surface area contributed by atoms with Crippen molar-refractivity contribution in [2.75, 3.05) is 0 Å². The minimum Gasteiger partial charge on any atom is -0.176 e. The molecule has 4 aliphatic rings. The number of hydrogen-bond donors (Lipinski definition) is 1. The molecule has 4 fully saturated rings. The Hall–Kier alpha value is 0.350. The lowest BCUT2D eigenvalue weighted by atomic mass is 9.68. The lowest BCUT2D eigenvalue weighted by molar-refractivity contribution is 0.134. The minimum absolute atomic E-state index is 0.755. The van der Waals surface area contributed by atoms with Crippen LogP contribution in [0.25, 0.3) is 0 Å². The predicted octanol–water partition coefficient (Wildman–Crippen LogP) is 3.13. The van der Waals surface area contributed by atoms with Crippen LogP contribution < -0.4 is 0 Å². The van der Waals surface area contributed by atoms with Crippen LogP contribution in [-0.2, 0) is 0 Å². The maximum Gasteiger partial charge on any atom is 0.00479 e. The molecule has 0 aromatic rings. The topological polar surface area (TPSA) is 0 Å². The van der Waals surface area contributed by atoms with Crippen LogP contribution in [0.2, 0.25) is 0 Å². The van der Waals surface area contributed by atoms with E-state index in [9.17, 15) is 0 Å². The lowest BCUT2D eigenvalue weighted by Gasteiger charge is -2.38. The molecule has 4 rings (SSSR count). The molecule has 0 radical (unpaired) electrons. The summed E-state index contributed by atoms with van der Waals surface area (Å²) in [6, 6.07) is 0. The Labute approximate surface area is 80.5 Å². The third-order valence-electron chi connectivity index (χ3n) is 4.39. The van der Waals surface area contributed by atoms with E-state index in [2.05, 4.69) is 0 Å². The van der Waals surface area contributed by atoms with Gasteiger partial charge < -0.3 is 0 Å². The van der Waals surface area contributed by atoms with Crippen molar-refractivity contribution in [1.82, 2.24) is 0 Å². The van der Waals surface area contributed by atoms with Gasteiger partial charge in [0.15, 0.2) is 0 Å². The van der Waals surface area contributed by atoms with E-state index < -0.39 is 0 Å². The zero-order valence-corrected chi connectivity index (χ0v) is 8.47. The molecule has 0 amide bonds. The van der Waals surface area contributed by atoms with Gasteiger partial charge in [0, 0.05) is 5.25 Å². The quantitative estimate of drug-likeness (QED) is 0.547. The molecule has 0 aromatic heterocycles. The highest BCUT2D eigenvalue weighted by atomic mass is 32.1. The summed E-state index contributed by atoms with van der Waals surface area (Å²) in [5.41, 5.74) is 0. The van der Waals surface area contributed by atoms with Gasteiger partial charge in [-0.05, 0) is 62.2 Å². The highest BCUT2D eigenvalue weighted by Gasteiger charge is 2.42. The minimum atomic E-state index is 0.755. The first-order valence-electron chi connectivity index (χ1n) is 5.49. The van der Waals surface area contributed by atoms with Gasteiger partial charge in [0.25, 0.3) is 0 Å². The molecular formula is C11H18S. The molecule has 0 aromatic carbocycles. The summed E-state index contributed by atoms with van der Waals surface area (Å²) < 4.78 is 0. The average Bonchev–Trinajstić information content (AvgIpc) is 2.16. The summed E-state index contributed by atoms with van der Waals surface area (Å²) in [5.74, 6) is 4.25. The van der Waals surface area contributed by atoms with E-state index in [4.69, 9.17) is 12.6 Å². The summed E-state index contributed by atoms with van der Waals surface area (Å²) >= 11 is 4.77. The fraction of sp³-hybridized carbons (Fsp3) is 1.00. The van der Waals surface area contributed by atoms with Crippen molar-refractivity contribution in [2.24, 2.45) is 23.7 Å². The number of fused-ring (bicyclic) bond motifs is 1. The highest BCUT2D eigenvalue weighted by Crippen LogP contribution is 2.52. The van der Waals surface area contributed by atoms with Crippen LogP contribution in [0.5, 0.6) is 0 Å². The lowest BCUT2D eigenvalue weighted by Crippen LogP contribution is -2.28. The molecule has 4 saturated carbocycles. The molecule has 4 bridgehead atoms. The third kappa shape index (κ3) is 1.13. The predicted molar refractivity (Wildman–Crippen MR) is 54.4 cm³/mol. The van der Waals surface area contributed by atoms with Gasteiger partial charge in [-0.1, -0.05) is 0 Å². The molecule has 68 valence electrons. The Balaban J connectivity index is 1.91. The summed E-state index contributed by atoms with van der Waals surface area (Å²) in [7, 11) is 0. The summed E-state index contributed by atoms with van der Waals surface area (Å²) in [5, 5.41) is 0.755. The van der Waals surface area contributed by atoms with Gasteiger partial charge in [-0.2, -0.15) is 12.6 Å². The van der Waals surface area contributed by atoms with E-state index >= 15 is 0 Å². The zero-order chi connectivity index (χ0) is 8.13. The first-order chi connectivity index (χ1) is 5.81. The van der Waals surface area contributed by atoms with E-state index in [0.29, 0.717) is 0 Å². The van der Waals surface area contributed by atoms with Crippen LogP contribution >= 0.6 is 12.6 Å². The second kappa shape index (κ2) is 2.67. The van der Waals surface area contributed by atoms with Crippen molar-refractivity contribution in [3.8, 4) is 0 Å². The normalized spacial score (nSPS) is 57.2. The fourth-order valence-corrected chi connectivity index (χ4v) is 4.62. The van der Waals surface area contributed by atoms with Gasteiger partial charge in [-0.25, -0.2) is 0 Å². The van der Waals surface area contributed by atoms with E-state index in [1.54, 1.807) is 19.3 Å². The Bertz CT molecular complexity index is 175. The highest BCUT2D eigenvalue weighted by molar-refractivity contribution is 7.81. The van der Waals surface area contributed by atoms with E-state index in [0.717, 1.165) is 28.9 Å². The second-order valence-corrected chi connectivity index (χ2v) is 6.00. The largest absolute Gasteiger partial charge is 0.176 e. The Morgan fingerprint density at radius 3 is 1.75 bits per heavy atom. The molecule has 0 heterocycles. The Morgan fingerprint density at radius 1 is 0.667 bits per heavy atom. The number of thiol groups is 1. The monoisotopic (exact) mass is 182 g/mol. The molecule has 1 heteroatoms. The molecule has 12 heavy (non-hydrogen) atoms. The Morgan fingerprint density at radius 2 is 1.17 bits per heavy atom. The van der Waals surface area contributed by atoms with Crippen LogP contribution in [0.4, 0.5) is 0 Å². The summed E-state index contributed by atoms with van der Waals surface area (Å²) in [6.07, 6.45) is 9.12. The van der Waals surface area contributed by atoms with Crippen molar-refractivity contribution in [1.29, 1.82) is 0 Å². The number of rotatable bonds is 0. The van der Waals surface area contributed by atoms with Crippen LogP contribution in [0.1, 0.15) is 38.5 Å². The summed E-state index contributed by atoms with van der Waals surface area (Å²) in [6.45, 7) is 0. The average molecular weight is 182 g/mol. The second-order valence-electron chi connectivity index (χ2n) is 5.34. The molecule has 0 spiro atoms. The molecule has 0 N–H and O–H groups in total. The van der Waals surface area contributed by atoms with Gasteiger partial charge >= 0.3 is 0 Å². The van der Waals surface area contributed by atoms with Gasteiger partial charge in [0.1, 0.15) is 0 Å². The van der Waals surface area contributed by atoms with Crippen LogP contribution in [0.3, 0.4) is 0 Å². The first-order valence-corrected chi connectivity index (χ1v) is 6.01. The van der Waals surface area contributed by atoms with Crippen molar-refractivity contribution >= 4 is 12.6 Å². The number of hydrogen-bond acceptors (Lipinski definition) is 1. The molecule has 4 aliphatic carbocycles. The molecule has 0 aliphatic heterocycles. The van der Waals surface area contributed by atoms with Crippen molar-refractivity contribution in [2.45, 2.75) is 43.8 Å². The van der Waals surface area contributed by atoms with Gasteiger partial charge in [-0.3, -0.25) is 0 Å². The Kier molecular flexibility index (Phi) is 1.72. The van der Waals surface area contributed by atoms with Gasteiger partial charge in [0.05, 0.1) is 0 Å². The molecule has 0 nitrogen and oxygen atoms in total. The first kappa shape index (κ1) is 7.73. The van der Waals surface area contributed by atoms with Gasteiger partial charge in [0.2, 0.25) is 0 Å². The van der Waals surface area contributed by atoms with Crippen molar-refractivity contribution in [3.05, 3.63) is 0 Å². The molecule has 3 unspecified atom stereocenters. The SMILES string of the molecule is SC1CC2CC3CC(C2)CC1C3. The smallest absolute Gasteiger partial charge is 0.00479 e. The third-order valence-corrected chi connectivity index (χ3v) is 5.02. The molecule has 3 atom stereocenters. The van der Waals surface area contributed by atoms with Crippen LogP contribution in [0.15, 0.2) is 0 Å². The standard InChI is InChI=1S/C11H18S/c12-11-6-9-2-7-1-8(3-9)5-10(11)4-7/h7-12H,1-6H2. The maximum absolute atomic E-state index is 4.77. The molecule has 0 saturated heterocycles. The summed E-state index contributed by atoms with van der Waals surface area (Å²) in [4.78, 5) is 0. The van der Waals surface area contributed by atoms with E-state index in [-0.39, 0.29) is 0 Å². The molecular weight excluding hydrogens is 164 g/mol.